The highest BCUT2D eigenvalue weighted by atomic mass is 79.9. The van der Waals surface area contributed by atoms with Crippen LogP contribution in [0, 0.1) is 5.92 Å². The summed E-state index contributed by atoms with van der Waals surface area (Å²) < 4.78 is 6.77. The van der Waals surface area contributed by atoms with Crippen molar-refractivity contribution in [3.05, 3.63) is 28.7 Å². The van der Waals surface area contributed by atoms with E-state index in [1.54, 1.807) is 0 Å². The molecule has 0 heterocycles. The highest BCUT2D eigenvalue weighted by Crippen LogP contribution is 2.16. The molecule has 0 bridgehead atoms. The Kier molecular flexibility index (Phi) is 5.85. The number of rotatable bonds is 6. The zero-order valence-electron chi connectivity index (χ0n) is 10.2. The molecule has 90 valence electrons. The Labute approximate surface area is 107 Å². The maximum Gasteiger partial charge on any atom is 0.119 e. The van der Waals surface area contributed by atoms with Crippen molar-refractivity contribution < 1.29 is 4.74 Å². The van der Waals surface area contributed by atoms with Crippen LogP contribution in [0.1, 0.15) is 20.8 Å². The van der Waals surface area contributed by atoms with E-state index in [4.69, 9.17) is 4.74 Å². The highest BCUT2D eigenvalue weighted by molar-refractivity contribution is 9.10. The van der Waals surface area contributed by atoms with Gasteiger partial charge in [-0.3, -0.25) is 0 Å². The monoisotopic (exact) mass is 285 g/mol. The quantitative estimate of drug-likeness (QED) is 0.864. The summed E-state index contributed by atoms with van der Waals surface area (Å²) in [5, 5.41) is 3.40. The van der Waals surface area contributed by atoms with E-state index < -0.39 is 0 Å². The molecule has 16 heavy (non-hydrogen) atoms. The molecule has 0 aromatic heterocycles. The summed E-state index contributed by atoms with van der Waals surface area (Å²) in [6.07, 6.45) is 0. The molecule has 0 aliphatic rings. The Balaban J connectivity index is 2.26. The van der Waals surface area contributed by atoms with E-state index in [9.17, 15) is 0 Å². The Morgan fingerprint density at radius 2 is 1.81 bits per heavy atom. The van der Waals surface area contributed by atoms with Crippen LogP contribution in [0.3, 0.4) is 0 Å². The number of ether oxygens (including phenoxy) is 1. The van der Waals surface area contributed by atoms with Crippen LogP contribution in [-0.2, 0) is 0 Å². The fourth-order valence-electron chi connectivity index (χ4n) is 1.27. The molecule has 1 unspecified atom stereocenters. The molecular formula is C13H20BrNO. The Bertz CT molecular complexity index is 297. The fourth-order valence-corrected chi connectivity index (χ4v) is 1.53. The first kappa shape index (κ1) is 13.5. The van der Waals surface area contributed by atoms with Gasteiger partial charge in [-0.1, -0.05) is 36.7 Å². The van der Waals surface area contributed by atoms with E-state index in [1.165, 1.54) is 0 Å². The molecule has 0 radical (unpaired) electrons. The normalized spacial score (nSPS) is 12.8. The van der Waals surface area contributed by atoms with Gasteiger partial charge in [0.05, 0.1) is 6.61 Å². The third-order valence-corrected chi connectivity index (χ3v) is 2.75. The van der Waals surface area contributed by atoms with Gasteiger partial charge in [-0.25, -0.2) is 0 Å². The maximum atomic E-state index is 5.69. The van der Waals surface area contributed by atoms with Gasteiger partial charge in [0.15, 0.2) is 0 Å². The zero-order valence-corrected chi connectivity index (χ0v) is 11.8. The number of hydrogen-bond donors (Lipinski definition) is 1. The summed E-state index contributed by atoms with van der Waals surface area (Å²) in [6.45, 7) is 8.24. The Morgan fingerprint density at radius 1 is 1.19 bits per heavy atom. The van der Waals surface area contributed by atoms with Crippen LogP contribution >= 0.6 is 15.9 Å². The van der Waals surface area contributed by atoms with E-state index >= 15 is 0 Å². The smallest absolute Gasteiger partial charge is 0.119 e. The average Bonchev–Trinajstić information content (AvgIpc) is 2.25. The van der Waals surface area contributed by atoms with Crippen molar-refractivity contribution in [2.45, 2.75) is 26.8 Å². The molecule has 0 aliphatic heterocycles. The van der Waals surface area contributed by atoms with Gasteiger partial charge in [0.2, 0.25) is 0 Å². The number of benzene rings is 1. The number of nitrogens with one attached hydrogen (secondary N) is 1. The first-order valence-electron chi connectivity index (χ1n) is 5.69. The van der Waals surface area contributed by atoms with Crippen molar-refractivity contribution in [2.75, 3.05) is 13.2 Å². The second kappa shape index (κ2) is 6.92. The van der Waals surface area contributed by atoms with Gasteiger partial charge in [0.1, 0.15) is 5.75 Å². The van der Waals surface area contributed by atoms with Crippen LogP contribution in [0.5, 0.6) is 5.75 Å². The number of hydrogen-bond acceptors (Lipinski definition) is 2. The van der Waals surface area contributed by atoms with Gasteiger partial charge in [-0.05, 0) is 24.3 Å². The van der Waals surface area contributed by atoms with Crippen molar-refractivity contribution in [2.24, 2.45) is 5.92 Å². The standard InChI is InChI=1S/C13H20BrNO/c1-10(2)15-8-11(3)9-16-13-6-4-12(14)5-7-13/h4-7,10-11,15H,8-9H2,1-3H3. The average molecular weight is 286 g/mol. The van der Waals surface area contributed by atoms with Gasteiger partial charge in [-0.2, -0.15) is 0 Å². The summed E-state index contributed by atoms with van der Waals surface area (Å²) in [5.74, 6) is 1.45. The van der Waals surface area contributed by atoms with E-state index in [1.807, 2.05) is 24.3 Å². The van der Waals surface area contributed by atoms with Crippen molar-refractivity contribution in [3.63, 3.8) is 0 Å². The van der Waals surface area contributed by atoms with E-state index in [0.29, 0.717) is 12.0 Å². The van der Waals surface area contributed by atoms with Crippen molar-refractivity contribution in [1.29, 1.82) is 0 Å². The molecule has 0 saturated heterocycles. The highest BCUT2D eigenvalue weighted by Gasteiger charge is 2.04. The van der Waals surface area contributed by atoms with Gasteiger partial charge in [0.25, 0.3) is 0 Å². The lowest BCUT2D eigenvalue weighted by atomic mass is 10.2. The van der Waals surface area contributed by atoms with Crippen LogP contribution in [-0.4, -0.2) is 19.2 Å². The second-order valence-electron chi connectivity index (χ2n) is 4.43. The minimum atomic E-state index is 0.519. The molecule has 1 rings (SSSR count). The molecule has 1 aromatic rings. The molecule has 0 amide bonds. The first-order valence-corrected chi connectivity index (χ1v) is 6.49. The molecule has 0 spiro atoms. The summed E-state index contributed by atoms with van der Waals surface area (Å²) in [5.41, 5.74) is 0. The van der Waals surface area contributed by atoms with Crippen molar-refractivity contribution in [1.82, 2.24) is 5.32 Å². The van der Waals surface area contributed by atoms with E-state index in [2.05, 4.69) is 42.0 Å². The van der Waals surface area contributed by atoms with Crippen molar-refractivity contribution in [3.8, 4) is 5.75 Å². The predicted octanol–water partition coefficient (Wildman–Crippen LogP) is 3.46. The van der Waals surface area contributed by atoms with Crippen LogP contribution in [0.15, 0.2) is 28.7 Å². The van der Waals surface area contributed by atoms with Gasteiger partial charge in [0, 0.05) is 23.0 Å². The molecule has 1 atom stereocenters. The Morgan fingerprint density at radius 3 is 2.38 bits per heavy atom. The lowest BCUT2D eigenvalue weighted by Crippen LogP contribution is -2.30. The molecule has 1 N–H and O–H groups in total. The van der Waals surface area contributed by atoms with E-state index in [0.717, 1.165) is 23.4 Å². The van der Waals surface area contributed by atoms with E-state index in [-0.39, 0.29) is 0 Å². The van der Waals surface area contributed by atoms with Gasteiger partial charge < -0.3 is 10.1 Å². The van der Waals surface area contributed by atoms with Gasteiger partial charge in [-0.15, -0.1) is 0 Å². The van der Waals surface area contributed by atoms with Crippen LogP contribution in [0.4, 0.5) is 0 Å². The van der Waals surface area contributed by atoms with Crippen molar-refractivity contribution >= 4 is 15.9 Å². The Hall–Kier alpha value is -0.540. The predicted molar refractivity (Wildman–Crippen MR) is 71.9 cm³/mol. The third kappa shape index (κ3) is 5.52. The second-order valence-corrected chi connectivity index (χ2v) is 5.35. The lowest BCUT2D eigenvalue weighted by Gasteiger charge is -2.15. The molecule has 1 aromatic carbocycles. The molecule has 3 heteroatoms. The topological polar surface area (TPSA) is 21.3 Å². The largest absolute Gasteiger partial charge is 0.493 e. The summed E-state index contributed by atoms with van der Waals surface area (Å²) in [7, 11) is 0. The number of halogens is 1. The summed E-state index contributed by atoms with van der Waals surface area (Å²) >= 11 is 3.40. The minimum absolute atomic E-state index is 0.519. The maximum absolute atomic E-state index is 5.69. The van der Waals surface area contributed by atoms with Crippen LogP contribution < -0.4 is 10.1 Å². The molecule has 0 fully saturated rings. The zero-order chi connectivity index (χ0) is 12.0. The minimum Gasteiger partial charge on any atom is -0.493 e. The fraction of sp³-hybridized carbons (Fsp3) is 0.538. The lowest BCUT2D eigenvalue weighted by molar-refractivity contribution is 0.253. The first-order chi connectivity index (χ1) is 7.58. The van der Waals surface area contributed by atoms with Gasteiger partial charge >= 0.3 is 0 Å². The molecule has 0 saturated carbocycles. The molecule has 0 aliphatic carbocycles. The molecular weight excluding hydrogens is 266 g/mol. The molecule has 2 nitrogen and oxygen atoms in total. The van der Waals surface area contributed by atoms with Crippen LogP contribution in [0.25, 0.3) is 0 Å². The summed E-state index contributed by atoms with van der Waals surface area (Å²) in [6, 6.07) is 8.48. The SMILES string of the molecule is CC(CNC(C)C)COc1ccc(Br)cc1. The third-order valence-electron chi connectivity index (χ3n) is 2.22. The van der Waals surface area contributed by atoms with Crippen LogP contribution in [0.2, 0.25) is 0 Å². The summed E-state index contributed by atoms with van der Waals surface area (Å²) in [4.78, 5) is 0.